The highest BCUT2D eigenvalue weighted by atomic mass is 35.5. The normalized spacial score (nSPS) is 10.6. The Hall–Kier alpha value is -1.23. The predicted molar refractivity (Wildman–Crippen MR) is 73.1 cm³/mol. The van der Waals surface area contributed by atoms with Gasteiger partial charge in [0.25, 0.3) is 0 Å². The molecule has 2 N–H and O–H groups in total. The zero-order valence-electron chi connectivity index (χ0n) is 9.61. The molecule has 0 atom stereocenters. The van der Waals surface area contributed by atoms with Crippen molar-refractivity contribution in [1.29, 1.82) is 0 Å². The van der Waals surface area contributed by atoms with Crippen molar-refractivity contribution in [2.24, 2.45) is 0 Å². The number of aromatic nitrogens is 2. The van der Waals surface area contributed by atoms with Crippen molar-refractivity contribution in [3.8, 4) is 0 Å². The maximum absolute atomic E-state index is 8.80. The standard InChI is InChI=1S/C12H13Cl2N3O/c13-10-2-1-3-11(14)12(10)15-6-9-7-16-17(8-9)4-5-18/h1-3,7-8,15,18H,4-6H2. The van der Waals surface area contributed by atoms with Gasteiger partial charge in [-0.15, -0.1) is 0 Å². The fraction of sp³-hybridized carbons (Fsp3) is 0.250. The average molecular weight is 286 g/mol. The largest absolute Gasteiger partial charge is 0.394 e. The lowest BCUT2D eigenvalue weighted by Gasteiger charge is -2.08. The molecule has 2 rings (SSSR count). The minimum Gasteiger partial charge on any atom is -0.394 e. The van der Waals surface area contributed by atoms with Crippen LogP contribution in [0.25, 0.3) is 0 Å². The number of rotatable bonds is 5. The number of aliphatic hydroxyl groups is 1. The van der Waals surface area contributed by atoms with Crippen LogP contribution in [0.5, 0.6) is 0 Å². The van der Waals surface area contributed by atoms with Crippen LogP contribution in [0.4, 0.5) is 5.69 Å². The van der Waals surface area contributed by atoms with Crippen molar-refractivity contribution in [2.75, 3.05) is 11.9 Å². The summed E-state index contributed by atoms with van der Waals surface area (Å²) in [5.41, 5.74) is 1.72. The van der Waals surface area contributed by atoms with E-state index in [9.17, 15) is 0 Å². The van der Waals surface area contributed by atoms with Gasteiger partial charge in [-0.05, 0) is 12.1 Å². The predicted octanol–water partition coefficient (Wildman–Crippen LogP) is 2.79. The van der Waals surface area contributed by atoms with Crippen molar-refractivity contribution in [3.63, 3.8) is 0 Å². The third-order valence-electron chi connectivity index (χ3n) is 2.45. The smallest absolute Gasteiger partial charge is 0.0721 e. The van der Waals surface area contributed by atoms with Crippen molar-refractivity contribution >= 4 is 28.9 Å². The van der Waals surface area contributed by atoms with Gasteiger partial charge in [-0.2, -0.15) is 5.10 Å². The second kappa shape index (κ2) is 6.09. The fourth-order valence-corrected chi connectivity index (χ4v) is 2.11. The monoisotopic (exact) mass is 285 g/mol. The highest BCUT2D eigenvalue weighted by Crippen LogP contribution is 2.30. The number of hydrogen-bond donors (Lipinski definition) is 2. The first-order chi connectivity index (χ1) is 8.70. The molecule has 0 fully saturated rings. The van der Waals surface area contributed by atoms with E-state index in [1.54, 1.807) is 29.1 Å². The Balaban J connectivity index is 2.02. The number of hydrogen-bond acceptors (Lipinski definition) is 3. The Morgan fingerprint density at radius 1 is 1.28 bits per heavy atom. The van der Waals surface area contributed by atoms with Crippen LogP contribution in [-0.4, -0.2) is 21.5 Å². The quantitative estimate of drug-likeness (QED) is 0.888. The highest BCUT2D eigenvalue weighted by Gasteiger charge is 2.05. The minimum absolute atomic E-state index is 0.0743. The summed E-state index contributed by atoms with van der Waals surface area (Å²) in [6.07, 6.45) is 3.61. The van der Waals surface area contributed by atoms with Gasteiger partial charge in [0.05, 0.1) is 35.1 Å². The molecule has 0 saturated carbocycles. The first kappa shape index (κ1) is 13.2. The molecule has 0 unspecified atom stereocenters. The summed E-state index contributed by atoms with van der Waals surface area (Å²) in [5.74, 6) is 0. The van der Waals surface area contributed by atoms with Gasteiger partial charge in [-0.1, -0.05) is 29.3 Å². The van der Waals surface area contributed by atoms with E-state index in [-0.39, 0.29) is 6.61 Å². The molecule has 4 nitrogen and oxygen atoms in total. The van der Waals surface area contributed by atoms with E-state index in [1.165, 1.54) is 0 Å². The van der Waals surface area contributed by atoms with Crippen LogP contribution >= 0.6 is 23.2 Å². The number of halogens is 2. The van der Waals surface area contributed by atoms with Crippen LogP contribution in [0.3, 0.4) is 0 Å². The molecule has 0 bridgehead atoms. The molecule has 0 spiro atoms. The molecule has 1 heterocycles. The maximum Gasteiger partial charge on any atom is 0.0721 e. The first-order valence-electron chi connectivity index (χ1n) is 5.51. The van der Waals surface area contributed by atoms with E-state index in [1.807, 2.05) is 6.20 Å². The van der Waals surface area contributed by atoms with Crippen LogP contribution in [0, 0.1) is 0 Å². The molecule has 96 valence electrons. The maximum atomic E-state index is 8.80. The molecular formula is C12H13Cl2N3O. The molecule has 0 aliphatic carbocycles. The second-order valence-corrected chi connectivity index (χ2v) is 4.60. The van der Waals surface area contributed by atoms with Gasteiger partial charge >= 0.3 is 0 Å². The summed E-state index contributed by atoms with van der Waals surface area (Å²) >= 11 is 12.1. The Morgan fingerprint density at radius 3 is 2.67 bits per heavy atom. The number of nitrogens with zero attached hydrogens (tertiary/aromatic N) is 2. The Labute approximate surface area is 115 Å². The van der Waals surface area contributed by atoms with Crippen molar-refractivity contribution in [1.82, 2.24) is 9.78 Å². The van der Waals surface area contributed by atoms with Gasteiger partial charge in [0.2, 0.25) is 0 Å². The molecule has 0 radical (unpaired) electrons. The molecule has 2 aromatic rings. The van der Waals surface area contributed by atoms with E-state index >= 15 is 0 Å². The summed E-state index contributed by atoms with van der Waals surface area (Å²) in [7, 11) is 0. The average Bonchev–Trinajstić information content (AvgIpc) is 2.77. The van der Waals surface area contributed by atoms with E-state index in [0.29, 0.717) is 23.1 Å². The van der Waals surface area contributed by atoms with Gasteiger partial charge in [0.15, 0.2) is 0 Å². The van der Waals surface area contributed by atoms with Gasteiger partial charge in [-0.3, -0.25) is 4.68 Å². The molecule has 0 aliphatic heterocycles. The third kappa shape index (κ3) is 3.16. The number of aliphatic hydroxyl groups excluding tert-OH is 1. The zero-order chi connectivity index (χ0) is 13.0. The Bertz CT molecular complexity index is 508. The van der Waals surface area contributed by atoms with E-state index in [4.69, 9.17) is 28.3 Å². The van der Waals surface area contributed by atoms with Gasteiger partial charge in [0, 0.05) is 18.3 Å². The summed E-state index contributed by atoms with van der Waals surface area (Å²) in [4.78, 5) is 0. The molecule has 1 aromatic carbocycles. The van der Waals surface area contributed by atoms with E-state index < -0.39 is 0 Å². The van der Waals surface area contributed by atoms with Gasteiger partial charge in [0.1, 0.15) is 0 Å². The molecule has 0 amide bonds. The van der Waals surface area contributed by atoms with Crippen molar-refractivity contribution in [3.05, 3.63) is 46.2 Å². The lowest BCUT2D eigenvalue weighted by molar-refractivity contribution is 0.269. The van der Waals surface area contributed by atoms with Crippen LogP contribution in [0.15, 0.2) is 30.6 Å². The molecule has 6 heteroatoms. The number of benzene rings is 1. The Kier molecular flexibility index (Phi) is 4.47. The third-order valence-corrected chi connectivity index (χ3v) is 3.08. The summed E-state index contributed by atoms with van der Waals surface area (Å²) < 4.78 is 1.69. The number of nitrogens with one attached hydrogen (secondary N) is 1. The lowest BCUT2D eigenvalue weighted by Crippen LogP contribution is -2.02. The molecule has 0 saturated heterocycles. The highest BCUT2D eigenvalue weighted by molar-refractivity contribution is 6.39. The Morgan fingerprint density at radius 2 is 2.00 bits per heavy atom. The zero-order valence-corrected chi connectivity index (χ0v) is 11.1. The van der Waals surface area contributed by atoms with Gasteiger partial charge in [-0.25, -0.2) is 0 Å². The lowest BCUT2D eigenvalue weighted by atomic mass is 10.3. The molecule has 1 aromatic heterocycles. The topological polar surface area (TPSA) is 50.1 Å². The van der Waals surface area contributed by atoms with Gasteiger partial charge < -0.3 is 10.4 Å². The number of para-hydroxylation sites is 1. The van der Waals surface area contributed by atoms with E-state index in [2.05, 4.69) is 10.4 Å². The van der Waals surface area contributed by atoms with Crippen molar-refractivity contribution < 1.29 is 5.11 Å². The second-order valence-electron chi connectivity index (χ2n) is 3.79. The SMILES string of the molecule is OCCn1cc(CNc2c(Cl)cccc2Cl)cn1. The molecular weight excluding hydrogens is 273 g/mol. The molecule has 18 heavy (non-hydrogen) atoms. The van der Waals surface area contributed by atoms with E-state index in [0.717, 1.165) is 11.3 Å². The molecule has 0 aliphatic rings. The summed E-state index contributed by atoms with van der Waals surface area (Å²) in [5, 5.41) is 17.3. The first-order valence-corrected chi connectivity index (χ1v) is 6.26. The van der Waals surface area contributed by atoms with Crippen LogP contribution in [0.1, 0.15) is 5.56 Å². The summed E-state index contributed by atoms with van der Waals surface area (Å²) in [6, 6.07) is 5.37. The van der Waals surface area contributed by atoms with Crippen LogP contribution in [-0.2, 0) is 13.1 Å². The number of anilines is 1. The van der Waals surface area contributed by atoms with Crippen molar-refractivity contribution in [2.45, 2.75) is 13.1 Å². The summed E-state index contributed by atoms with van der Waals surface area (Å²) in [6.45, 7) is 1.15. The van der Waals surface area contributed by atoms with Crippen LogP contribution < -0.4 is 5.32 Å². The van der Waals surface area contributed by atoms with Crippen LogP contribution in [0.2, 0.25) is 10.0 Å². The fourth-order valence-electron chi connectivity index (χ4n) is 1.58. The minimum atomic E-state index is 0.0743.